The highest BCUT2D eigenvalue weighted by Crippen LogP contribution is 2.31. The number of benzene rings is 1. The fraction of sp³-hybridized carbons (Fsp3) is 0.412. The number of halogens is 4. The van der Waals surface area contributed by atoms with Gasteiger partial charge >= 0.3 is 12.3 Å². The third-order valence-corrected chi connectivity index (χ3v) is 4.83. The Morgan fingerprint density at radius 1 is 1.41 bits per heavy atom. The van der Waals surface area contributed by atoms with Crippen LogP contribution in [0.4, 0.5) is 28.0 Å². The quantitative estimate of drug-likeness (QED) is 0.597. The number of nitrogens with zero attached hydrogens (tertiary/aromatic N) is 2. The normalized spacial score (nSPS) is 20.7. The van der Waals surface area contributed by atoms with E-state index in [9.17, 15) is 22.4 Å². The molecule has 10 heteroatoms. The number of amides is 1. The number of nitrogens with one attached hydrogen (secondary N) is 1. The van der Waals surface area contributed by atoms with Crippen LogP contribution < -0.4 is 5.32 Å². The van der Waals surface area contributed by atoms with Gasteiger partial charge in [-0.15, -0.1) is 0 Å². The fourth-order valence-corrected chi connectivity index (χ4v) is 3.52. The van der Waals surface area contributed by atoms with Gasteiger partial charge in [0, 0.05) is 23.0 Å². The lowest BCUT2D eigenvalue weighted by Gasteiger charge is -2.34. The highest BCUT2D eigenvalue weighted by molar-refractivity contribution is 7.79. The zero-order chi connectivity index (χ0) is 19.8. The van der Waals surface area contributed by atoms with Crippen LogP contribution in [0.2, 0.25) is 0 Å². The number of anilines is 1. The van der Waals surface area contributed by atoms with E-state index >= 15 is 0 Å². The van der Waals surface area contributed by atoms with E-state index in [0.717, 1.165) is 9.47 Å². The van der Waals surface area contributed by atoms with Gasteiger partial charge in [0.2, 0.25) is 0 Å². The summed E-state index contributed by atoms with van der Waals surface area (Å²) in [5.41, 5.74) is 1.07. The molecule has 0 bridgehead atoms. The molecule has 5 nitrogen and oxygen atoms in total. The first-order valence-electron chi connectivity index (χ1n) is 8.22. The Kier molecular flexibility index (Phi) is 5.27. The second kappa shape index (κ2) is 7.34. The summed E-state index contributed by atoms with van der Waals surface area (Å²) in [6.45, 7) is -1.24. The van der Waals surface area contributed by atoms with Crippen LogP contribution in [-0.2, 0) is 6.54 Å². The van der Waals surface area contributed by atoms with E-state index in [2.05, 4.69) is 5.32 Å². The molecular weight excluding hydrogens is 386 g/mol. The molecule has 2 aromatic rings. The van der Waals surface area contributed by atoms with Gasteiger partial charge in [-0.25, -0.2) is 9.18 Å². The molecule has 1 amide bonds. The van der Waals surface area contributed by atoms with Crippen LogP contribution in [0.3, 0.4) is 0 Å². The summed E-state index contributed by atoms with van der Waals surface area (Å²) in [4.78, 5) is 12.0. The van der Waals surface area contributed by atoms with Gasteiger partial charge < -0.3 is 19.9 Å². The Hall–Kier alpha value is -2.36. The minimum atomic E-state index is -4.41. The van der Waals surface area contributed by atoms with Crippen LogP contribution in [0.5, 0.6) is 0 Å². The van der Waals surface area contributed by atoms with Crippen molar-refractivity contribution in [2.45, 2.75) is 31.4 Å². The first-order valence-corrected chi connectivity index (χ1v) is 8.69. The minimum Gasteiger partial charge on any atom is -0.465 e. The van der Waals surface area contributed by atoms with Crippen molar-refractivity contribution < 1.29 is 27.5 Å². The maximum absolute atomic E-state index is 14.4. The fourth-order valence-electron chi connectivity index (χ4n) is 3.33. The lowest BCUT2D eigenvalue weighted by Crippen LogP contribution is -2.49. The van der Waals surface area contributed by atoms with Crippen LogP contribution in [0.25, 0.3) is 10.9 Å². The molecule has 146 valence electrons. The third-order valence-electron chi connectivity index (χ3n) is 4.59. The second-order valence-electron chi connectivity index (χ2n) is 6.41. The van der Waals surface area contributed by atoms with Crippen molar-refractivity contribution in [2.75, 3.05) is 18.4 Å². The summed E-state index contributed by atoms with van der Waals surface area (Å²) in [7, 11) is 0. The van der Waals surface area contributed by atoms with Gasteiger partial charge in [-0.05, 0) is 24.6 Å². The lowest BCUT2D eigenvalue weighted by atomic mass is 10.0. The first kappa shape index (κ1) is 19.4. The predicted octanol–water partition coefficient (Wildman–Crippen LogP) is 4.05. The molecular formula is C17H17F4N3O2S. The summed E-state index contributed by atoms with van der Waals surface area (Å²) >= 11 is 4.84. The Labute approximate surface area is 157 Å². The van der Waals surface area contributed by atoms with E-state index in [1.165, 1.54) is 11.4 Å². The van der Waals surface area contributed by atoms with Crippen molar-refractivity contribution in [3.05, 3.63) is 30.0 Å². The van der Waals surface area contributed by atoms with Gasteiger partial charge in [0.25, 0.3) is 0 Å². The zero-order valence-electron chi connectivity index (χ0n) is 14.0. The van der Waals surface area contributed by atoms with E-state index < -0.39 is 31.0 Å². The molecule has 0 radical (unpaired) electrons. The molecule has 0 saturated carbocycles. The number of piperidine rings is 1. The standard InChI is InChI=1S/C17H17F4N3O2S/c18-12-7-23(16(25)26)5-4-14(12)22-13-2-1-3-15-11(13)6-10(8-27)24(15)9-17(19,20)21/h1-3,6,8,12,14,22H,4-5,7,9H2,(H,25,26)/t12-,14+/m1/s1. The molecule has 1 saturated heterocycles. The molecule has 2 atom stereocenters. The maximum atomic E-state index is 14.4. The lowest BCUT2D eigenvalue weighted by molar-refractivity contribution is -0.139. The second-order valence-corrected chi connectivity index (χ2v) is 6.65. The molecule has 27 heavy (non-hydrogen) atoms. The summed E-state index contributed by atoms with van der Waals surface area (Å²) in [6, 6.07) is 5.70. The average Bonchev–Trinajstić information content (AvgIpc) is 2.93. The average molecular weight is 403 g/mol. The predicted molar refractivity (Wildman–Crippen MR) is 97.3 cm³/mol. The van der Waals surface area contributed by atoms with Crippen LogP contribution in [0, 0.1) is 0 Å². The smallest absolute Gasteiger partial charge is 0.407 e. The summed E-state index contributed by atoms with van der Waals surface area (Å²) < 4.78 is 54.2. The Balaban J connectivity index is 1.90. The monoisotopic (exact) mass is 403 g/mol. The molecule has 1 aromatic carbocycles. The van der Waals surface area contributed by atoms with Crippen molar-refractivity contribution in [3.8, 4) is 0 Å². The van der Waals surface area contributed by atoms with Gasteiger partial charge in [-0.1, -0.05) is 18.3 Å². The largest absolute Gasteiger partial charge is 0.465 e. The molecule has 0 aliphatic carbocycles. The SMILES string of the molecule is O=C(O)N1CC[C@H](Nc2cccc3c2cc(C=S)n3CC(F)(F)F)[C@H](F)C1. The number of hydrogen-bond acceptors (Lipinski definition) is 3. The molecule has 2 N–H and O–H groups in total. The number of carbonyl (C=O) groups is 1. The highest BCUT2D eigenvalue weighted by Gasteiger charge is 2.32. The molecule has 0 unspecified atom stereocenters. The number of thiocarbonyl (C=S) groups is 1. The highest BCUT2D eigenvalue weighted by atomic mass is 32.1. The maximum Gasteiger partial charge on any atom is 0.407 e. The van der Waals surface area contributed by atoms with E-state index in [1.807, 2.05) is 0 Å². The molecule has 1 fully saturated rings. The van der Waals surface area contributed by atoms with Crippen molar-refractivity contribution in [2.24, 2.45) is 0 Å². The molecule has 1 aliphatic heterocycles. The van der Waals surface area contributed by atoms with Crippen LogP contribution in [0.15, 0.2) is 24.3 Å². The van der Waals surface area contributed by atoms with Crippen molar-refractivity contribution in [1.29, 1.82) is 0 Å². The van der Waals surface area contributed by atoms with E-state index in [1.54, 1.807) is 18.2 Å². The van der Waals surface area contributed by atoms with Gasteiger partial charge in [0.15, 0.2) is 0 Å². The number of hydrogen-bond donors (Lipinski definition) is 2. The van der Waals surface area contributed by atoms with E-state index in [-0.39, 0.29) is 25.2 Å². The summed E-state index contributed by atoms with van der Waals surface area (Å²) in [5, 5.41) is 13.7. The van der Waals surface area contributed by atoms with Gasteiger partial charge in [0.1, 0.15) is 12.7 Å². The van der Waals surface area contributed by atoms with Crippen molar-refractivity contribution >= 4 is 40.3 Å². The third kappa shape index (κ3) is 4.15. The number of fused-ring (bicyclic) bond motifs is 1. The molecule has 1 aromatic heterocycles. The molecule has 1 aliphatic rings. The van der Waals surface area contributed by atoms with E-state index in [0.29, 0.717) is 16.6 Å². The first-order chi connectivity index (χ1) is 12.7. The van der Waals surface area contributed by atoms with Crippen molar-refractivity contribution in [1.82, 2.24) is 9.47 Å². The Morgan fingerprint density at radius 2 is 2.15 bits per heavy atom. The van der Waals surface area contributed by atoms with Crippen LogP contribution in [-0.4, -0.2) is 57.5 Å². The van der Waals surface area contributed by atoms with Crippen LogP contribution in [0.1, 0.15) is 12.1 Å². The minimum absolute atomic E-state index is 0.184. The summed E-state index contributed by atoms with van der Waals surface area (Å²) in [6.07, 6.45) is -6.75. The number of carboxylic acid groups (broad SMARTS) is 1. The number of alkyl halides is 4. The molecule has 2 heterocycles. The van der Waals surface area contributed by atoms with Crippen molar-refractivity contribution in [3.63, 3.8) is 0 Å². The molecule has 0 spiro atoms. The Morgan fingerprint density at radius 3 is 2.74 bits per heavy atom. The van der Waals surface area contributed by atoms with E-state index in [4.69, 9.17) is 17.3 Å². The van der Waals surface area contributed by atoms with Crippen LogP contribution >= 0.6 is 12.2 Å². The van der Waals surface area contributed by atoms with Gasteiger partial charge in [-0.3, -0.25) is 0 Å². The van der Waals surface area contributed by atoms with Gasteiger partial charge in [-0.2, -0.15) is 13.2 Å². The summed E-state index contributed by atoms with van der Waals surface area (Å²) in [5.74, 6) is 0. The zero-order valence-corrected chi connectivity index (χ0v) is 14.9. The number of rotatable bonds is 4. The number of aromatic nitrogens is 1. The Bertz CT molecular complexity index is 868. The molecule has 3 rings (SSSR count). The number of likely N-dealkylation sites (tertiary alicyclic amines) is 1. The topological polar surface area (TPSA) is 57.5 Å². The van der Waals surface area contributed by atoms with Gasteiger partial charge in [0.05, 0.1) is 23.8 Å².